The summed E-state index contributed by atoms with van der Waals surface area (Å²) in [5, 5.41) is 80.3. The molecule has 54 heavy (non-hydrogen) atoms. The molecule has 0 aromatic heterocycles. The summed E-state index contributed by atoms with van der Waals surface area (Å²) in [6, 6.07) is 0. The number of hydrogen-bond donors (Lipinski definition) is 8. The first-order valence-corrected chi connectivity index (χ1v) is 20.7. The molecule has 12 nitrogen and oxygen atoms in total. The van der Waals surface area contributed by atoms with Crippen molar-refractivity contribution in [2.24, 2.45) is 68.0 Å². The van der Waals surface area contributed by atoms with Crippen LogP contribution in [0.15, 0.2) is 11.6 Å². The molecule has 12 heteroatoms. The van der Waals surface area contributed by atoms with Gasteiger partial charge in [0.2, 0.25) is 5.91 Å². The predicted octanol–water partition coefficient (Wildman–Crippen LogP) is 3.00. The number of aliphatic hydroxyl groups excluding tert-OH is 6. The SMILES string of the molecule is CCC1CC2(C(=O)O)CCC(C)(CO)CC2C2=CCC3C4(C)C(CC5CNC(=O)C5)C(O)C(OC5OCC(O)C(O)C5O)C(C)(CO)C4CCC3(C)C21C. The van der Waals surface area contributed by atoms with Crippen LogP contribution in [0, 0.1) is 68.0 Å². The number of nitrogens with one attached hydrogen (secondary N) is 1. The monoisotopic (exact) mass is 761 g/mol. The molecule has 0 spiro atoms. The Bertz CT molecular complexity index is 1510. The van der Waals surface area contributed by atoms with E-state index in [9.17, 15) is 45.3 Å². The quantitative estimate of drug-likeness (QED) is 0.133. The van der Waals surface area contributed by atoms with Crippen LogP contribution >= 0.6 is 0 Å². The first-order chi connectivity index (χ1) is 25.3. The summed E-state index contributed by atoms with van der Waals surface area (Å²) in [6.45, 7) is 13.3. The van der Waals surface area contributed by atoms with Gasteiger partial charge in [-0.2, -0.15) is 0 Å². The van der Waals surface area contributed by atoms with Gasteiger partial charge in [0.1, 0.15) is 18.3 Å². The number of ether oxygens (including phenoxy) is 2. The molecule has 18 unspecified atom stereocenters. The molecule has 1 amide bonds. The number of carboxylic acids is 1. The molecule has 6 fully saturated rings. The molecule has 8 N–H and O–H groups in total. The minimum absolute atomic E-state index is 0.0174. The number of fused-ring (bicyclic) bond motifs is 7. The van der Waals surface area contributed by atoms with Crippen LogP contribution in [-0.2, 0) is 19.1 Å². The van der Waals surface area contributed by atoms with Crippen molar-refractivity contribution in [3.8, 4) is 0 Å². The highest BCUT2D eigenvalue weighted by Crippen LogP contribution is 2.78. The first-order valence-electron chi connectivity index (χ1n) is 20.7. The Balaban J connectivity index is 1.35. The maximum atomic E-state index is 13.4. The third-order valence-electron chi connectivity index (χ3n) is 17.9. The number of carbonyl (C=O) groups excluding carboxylic acids is 1. The maximum absolute atomic E-state index is 13.4. The number of carboxylic acid groups (broad SMARTS) is 1. The molecule has 0 bridgehead atoms. The molecule has 5 aliphatic carbocycles. The van der Waals surface area contributed by atoms with Crippen molar-refractivity contribution in [3.05, 3.63) is 11.6 Å². The normalized spacial score (nSPS) is 54.4. The molecule has 0 aromatic carbocycles. The highest BCUT2D eigenvalue weighted by atomic mass is 16.7. The van der Waals surface area contributed by atoms with E-state index in [0.717, 1.165) is 12.8 Å². The summed E-state index contributed by atoms with van der Waals surface area (Å²) in [6.07, 6.45) is 0.915. The van der Waals surface area contributed by atoms with Crippen LogP contribution in [0.4, 0.5) is 0 Å². The molecule has 7 rings (SSSR count). The zero-order valence-electron chi connectivity index (χ0n) is 33.2. The third kappa shape index (κ3) is 5.50. The molecule has 306 valence electrons. The lowest BCUT2D eigenvalue weighted by atomic mass is 9.30. The van der Waals surface area contributed by atoms with Crippen LogP contribution in [0.3, 0.4) is 0 Å². The fourth-order valence-electron chi connectivity index (χ4n) is 14.6. The van der Waals surface area contributed by atoms with Gasteiger partial charge in [-0.05, 0) is 109 Å². The number of amides is 1. The van der Waals surface area contributed by atoms with Crippen LogP contribution in [0.25, 0.3) is 0 Å². The van der Waals surface area contributed by atoms with Gasteiger partial charge in [-0.1, -0.05) is 59.6 Å². The van der Waals surface area contributed by atoms with E-state index in [2.05, 4.69) is 46.0 Å². The van der Waals surface area contributed by atoms with E-state index in [-0.39, 0.29) is 77.5 Å². The molecule has 2 saturated heterocycles. The van der Waals surface area contributed by atoms with E-state index >= 15 is 0 Å². The van der Waals surface area contributed by atoms with Crippen molar-refractivity contribution < 1.29 is 54.8 Å². The van der Waals surface area contributed by atoms with E-state index in [1.54, 1.807) is 0 Å². The second-order valence-electron chi connectivity index (χ2n) is 20.2. The Kier molecular flexibility index (Phi) is 10.3. The second kappa shape index (κ2) is 13.7. The van der Waals surface area contributed by atoms with Gasteiger partial charge in [-0.25, -0.2) is 0 Å². The predicted molar refractivity (Wildman–Crippen MR) is 197 cm³/mol. The number of rotatable bonds is 8. The molecule has 18 atom stereocenters. The average Bonchev–Trinajstić information content (AvgIpc) is 3.56. The van der Waals surface area contributed by atoms with Crippen LogP contribution < -0.4 is 5.32 Å². The van der Waals surface area contributed by atoms with Crippen molar-refractivity contribution >= 4 is 11.9 Å². The molecular weight excluding hydrogens is 694 g/mol. The fraction of sp³-hybridized carbons (Fsp3) is 0.905. The molecule has 2 aliphatic heterocycles. The van der Waals surface area contributed by atoms with Crippen molar-refractivity contribution in [2.75, 3.05) is 26.4 Å². The maximum Gasteiger partial charge on any atom is 0.310 e. The number of carbonyl (C=O) groups is 2. The molecular formula is C42H67NO11. The minimum atomic E-state index is -1.56. The smallest absolute Gasteiger partial charge is 0.310 e. The first kappa shape index (κ1) is 40.6. The summed E-state index contributed by atoms with van der Waals surface area (Å²) in [4.78, 5) is 25.9. The van der Waals surface area contributed by atoms with E-state index in [1.165, 1.54) is 5.57 Å². The van der Waals surface area contributed by atoms with Gasteiger partial charge >= 0.3 is 5.97 Å². The zero-order chi connectivity index (χ0) is 39.4. The lowest BCUT2D eigenvalue weighted by Gasteiger charge is -2.74. The molecule has 4 saturated carbocycles. The van der Waals surface area contributed by atoms with Crippen LogP contribution in [0.1, 0.15) is 106 Å². The van der Waals surface area contributed by atoms with Crippen LogP contribution in [0.5, 0.6) is 0 Å². The van der Waals surface area contributed by atoms with Gasteiger partial charge in [-0.3, -0.25) is 9.59 Å². The highest BCUT2D eigenvalue weighted by Gasteiger charge is 2.74. The van der Waals surface area contributed by atoms with Gasteiger partial charge in [0.25, 0.3) is 0 Å². The molecule has 7 aliphatic rings. The largest absolute Gasteiger partial charge is 0.481 e. The number of aliphatic hydroxyl groups is 6. The second-order valence-corrected chi connectivity index (χ2v) is 20.2. The summed E-state index contributed by atoms with van der Waals surface area (Å²) >= 11 is 0. The van der Waals surface area contributed by atoms with Gasteiger partial charge in [0.05, 0.1) is 30.8 Å². The van der Waals surface area contributed by atoms with Gasteiger partial charge < -0.3 is 50.5 Å². The topological polar surface area (TPSA) is 206 Å². The lowest BCUT2D eigenvalue weighted by Crippen LogP contribution is -2.73. The average molecular weight is 762 g/mol. The van der Waals surface area contributed by atoms with Gasteiger partial charge in [0.15, 0.2) is 6.29 Å². The van der Waals surface area contributed by atoms with Crippen LogP contribution in [-0.4, -0.2) is 111 Å². The van der Waals surface area contributed by atoms with E-state index in [4.69, 9.17) is 9.47 Å². The van der Waals surface area contributed by atoms with Crippen molar-refractivity contribution in [1.29, 1.82) is 0 Å². The zero-order valence-corrected chi connectivity index (χ0v) is 33.2. The summed E-state index contributed by atoms with van der Waals surface area (Å²) in [5.74, 6) is -1.37. The minimum Gasteiger partial charge on any atom is -0.481 e. The fourth-order valence-corrected chi connectivity index (χ4v) is 14.6. The Morgan fingerprint density at radius 2 is 1.69 bits per heavy atom. The Morgan fingerprint density at radius 1 is 0.963 bits per heavy atom. The lowest BCUT2D eigenvalue weighted by molar-refractivity contribution is -0.340. The molecule has 0 radical (unpaired) electrons. The Labute approximate surface area is 320 Å². The van der Waals surface area contributed by atoms with Crippen molar-refractivity contribution in [1.82, 2.24) is 5.32 Å². The van der Waals surface area contributed by atoms with Gasteiger partial charge in [0, 0.05) is 25.0 Å². The van der Waals surface area contributed by atoms with Crippen molar-refractivity contribution in [3.63, 3.8) is 0 Å². The highest BCUT2D eigenvalue weighted by molar-refractivity contribution is 5.78. The van der Waals surface area contributed by atoms with E-state index < -0.39 is 59.0 Å². The number of allylic oxidation sites excluding steroid dienone is 2. The summed E-state index contributed by atoms with van der Waals surface area (Å²) < 4.78 is 12.2. The summed E-state index contributed by atoms with van der Waals surface area (Å²) in [7, 11) is 0. The van der Waals surface area contributed by atoms with Gasteiger partial charge in [-0.15, -0.1) is 0 Å². The number of hydrogen-bond acceptors (Lipinski definition) is 10. The molecule has 2 heterocycles. The van der Waals surface area contributed by atoms with E-state index in [1.807, 2.05) is 6.92 Å². The third-order valence-corrected chi connectivity index (χ3v) is 17.9. The summed E-state index contributed by atoms with van der Waals surface area (Å²) in [5.41, 5.74) is -2.24. The molecule has 0 aromatic rings. The van der Waals surface area contributed by atoms with Crippen molar-refractivity contribution in [2.45, 2.75) is 143 Å². The van der Waals surface area contributed by atoms with Crippen LogP contribution in [0.2, 0.25) is 0 Å². The Morgan fingerprint density at radius 3 is 2.30 bits per heavy atom. The Hall–Kier alpha value is -1.64. The number of aliphatic carboxylic acids is 1. The standard InChI is InChI=1S/C42H67NO11/c1-7-23-16-42(36(51)52)13-12-37(2,20-44)17-26(42)24-8-9-29-39(4,41(23,24)6)11-10-28-38(3,21-45)34(54-35-33(50)32(49)27(46)19-53-35)31(48)25(40(28,29)5)14-22-15-30(47)43-18-22/h8,22-23,25-29,31-35,44-46,48-50H,7,9-21H2,1-6H3,(H,43,47)(H,51,52). The van der Waals surface area contributed by atoms with E-state index in [0.29, 0.717) is 57.9 Å².